The summed E-state index contributed by atoms with van der Waals surface area (Å²) in [5.74, 6) is 0.599. The molecule has 0 aliphatic heterocycles. The number of benzene rings is 1. The molecular formula is C15H15N5O2. The summed E-state index contributed by atoms with van der Waals surface area (Å²) in [4.78, 5) is 27.3. The number of hydrogen-bond acceptors (Lipinski definition) is 4. The highest BCUT2D eigenvalue weighted by Gasteiger charge is 2.08. The molecule has 7 nitrogen and oxygen atoms in total. The molecule has 0 aliphatic carbocycles. The maximum atomic E-state index is 11.9. The molecule has 0 atom stereocenters. The van der Waals surface area contributed by atoms with E-state index in [0.29, 0.717) is 6.54 Å². The molecule has 2 heterocycles. The Kier molecular flexibility index (Phi) is 3.46. The zero-order chi connectivity index (χ0) is 15.7. The number of nitrogens with zero attached hydrogens (tertiary/aromatic N) is 3. The fourth-order valence-electron chi connectivity index (χ4n) is 2.22. The molecule has 7 heteroatoms. The van der Waals surface area contributed by atoms with Crippen LogP contribution in [0.2, 0.25) is 0 Å². The van der Waals surface area contributed by atoms with Crippen LogP contribution in [-0.2, 0) is 13.6 Å². The third-order valence-corrected chi connectivity index (χ3v) is 3.53. The second kappa shape index (κ2) is 5.44. The summed E-state index contributed by atoms with van der Waals surface area (Å²) in [6.07, 6.45) is 0. The lowest BCUT2D eigenvalue weighted by molar-refractivity contribution is 0.0945. The van der Waals surface area contributed by atoms with Crippen molar-refractivity contribution in [2.45, 2.75) is 13.5 Å². The minimum atomic E-state index is -0.340. The lowest BCUT2D eigenvalue weighted by Crippen LogP contribution is -2.25. The third-order valence-electron chi connectivity index (χ3n) is 3.53. The van der Waals surface area contributed by atoms with Gasteiger partial charge in [-0.3, -0.25) is 9.59 Å². The van der Waals surface area contributed by atoms with Crippen molar-refractivity contribution < 1.29 is 4.79 Å². The van der Waals surface area contributed by atoms with Gasteiger partial charge in [0.15, 0.2) is 0 Å². The van der Waals surface area contributed by atoms with Crippen molar-refractivity contribution in [1.82, 2.24) is 25.1 Å². The maximum absolute atomic E-state index is 11.9. The minimum absolute atomic E-state index is 0.175. The van der Waals surface area contributed by atoms with Crippen LogP contribution in [0.5, 0.6) is 0 Å². The van der Waals surface area contributed by atoms with Gasteiger partial charge in [-0.1, -0.05) is 6.07 Å². The number of H-pyrrole nitrogens is 1. The van der Waals surface area contributed by atoms with E-state index in [1.54, 1.807) is 0 Å². The van der Waals surface area contributed by atoms with Gasteiger partial charge in [-0.25, -0.2) is 10.1 Å². The highest BCUT2D eigenvalue weighted by molar-refractivity contribution is 5.92. The first-order valence-electron chi connectivity index (χ1n) is 6.80. The third kappa shape index (κ3) is 2.60. The van der Waals surface area contributed by atoms with Gasteiger partial charge in [0.05, 0.1) is 11.0 Å². The van der Waals surface area contributed by atoms with Crippen LogP contribution in [0, 0.1) is 6.92 Å². The number of carbonyl (C=O) groups excluding carboxylic acids is 1. The summed E-state index contributed by atoms with van der Waals surface area (Å²) in [6, 6.07) is 8.53. The highest BCUT2D eigenvalue weighted by Crippen LogP contribution is 2.16. The van der Waals surface area contributed by atoms with E-state index in [1.165, 1.54) is 12.1 Å². The number of imidazole rings is 1. The number of aromatic amines is 1. The smallest absolute Gasteiger partial charge is 0.271 e. The van der Waals surface area contributed by atoms with Crippen LogP contribution in [0.3, 0.4) is 0 Å². The molecule has 0 radical (unpaired) electrons. The second-order valence-corrected chi connectivity index (χ2v) is 5.03. The zero-order valence-corrected chi connectivity index (χ0v) is 12.3. The van der Waals surface area contributed by atoms with Gasteiger partial charge in [-0.05, 0) is 30.7 Å². The number of fused-ring (bicyclic) bond motifs is 1. The number of aromatic nitrogens is 4. The van der Waals surface area contributed by atoms with E-state index in [4.69, 9.17) is 0 Å². The van der Waals surface area contributed by atoms with Gasteiger partial charge in [0.25, 0.3) is 11.5 Å². The highest BCUT2D eigenvalue weighted by atomic mass is 16.2. The molecule has 0 spiro atoms. The number of rotatable bonds is 3. The average molecular weight is 297 g/mol. The Morgan fingerprint density at radius 3 is 2.86 bits per heavy atom. The largest absolute Gasteiger partial charge is 0.347 e. The van der Waals surface area contributed by atoms with Crippen molar-refractivity contribution in [2.75, 3.05) is 0 Å². The first-order valence-corrected chi connectivity index (χ1v) is 6.80. The molecule has 3 aromatic rings. The number of hydrogen-bond donors (Lipinski definition) is 2. The summed E-state index contributed by atoms with van der Waals surface area (Å²) < 4.78 is 2.02. The quantitative estimate of drug-likeness (QED) is 0.751. The van der Waals surface area contributed by atoms with Gasteiger partial charge < -0.3 is 9.88 Å². The zero-order valence-electron chi connectivity index (χ0n) is 12.3. The summed E-state index contributed by atoms with van der Waals surface area (Å²) >= 11 is 0. The Morgan fingerprint density at radius 1 is 1.32 bits per heavy atom. The summed E-state index contributed by atoms with van der Waals surface area (Å²) in [6.45, 7) is 2.31. The maximum Gasteiger partial charge on any atom is 0.271 e. The van der Waals surface area contributed by atoms with E-state index < -0.39 is 0 Å². The number of amides is 1. The normalized spacial score (nSPS) is 10.8. The van der Waals surface area contributed by atoms with Gasteiger partial charge in [0.2, 0.25) is 0 Å². The van der Waals surface area contributed by atoms with E-state index in [1.807, 2.05) is 36.7 Å². The van der Waals surface area contributed by atoms with E-state index in [0.717, 1.165) is 22.4 Å². The Hall–Kier alpha value is -2.96. The van der Waals surface area contributed by atoms with Crippen molar-refractivity contribution in [3.05, 3.63) is 57.8 Å². The van der Waals surface area contributed by atoms with Gasteiger partial charge >= 0.3 is 0 Å². The van der Waals surface area contributed by atoms with Crippen LogP contribution in [0.4, 0.5) is 0 Å². The monoisotopic (exact) mass is 297 g/mol. The van der Waals surface area contributed by atoms with Gasteiger partial charge in [-0.15, -0.1) is 0 Å². The molecule has 112 valence electrons. The fraction of sp³-hybridized carbons (Fsp3) is 0.200. The molecule has 0 saturated heterocycles. The summed E-state index contributed by atoms with van der Waals surface area (Å²) in [5.41, 5.74) is 2.73. The van der Waals surface area contributed by atoms with Crippen LogP contribution in [-0.4, -0.2) is 25.7 Å². The molecular weight excluding hydrogens is 282 g/mol. The van der Waals surface area contributed by atoms with E-state index in [9.17, 15) is 9.59 Å². The van der Waals surface area contributed by atoms with Crippen LogP contribution < -0.4 is 10.9 Å². The van der Waals surface area contributed by atoms with Crippen molar-refractivity contribution in [1.29, 1.82) is 0 Å². The molecule has 0 bridgehead atoms. The first kappa shape index (κ1) is 14.0. The number of aryl methyl sites for hydroxylation is 2. The van der Waals surface area contributed by atoms with Crippen molar-refractivity contribution >= 4 is 16.9 Å². The van der Waals surface area contributed by atoms with Gasteiger partial charge in [0, 0.05) is 19.7 Å². The Labute approximate surface area is 126 Å². The second-order valence-electron chi connectivity index (χ2n) is 5.03. The molecule has 1 amide bonds. The van der Waals surface area contributed by atoms with E-state index >= 15 is 0 Å². The lowest BCUT2D eigenvalue weighted by Gasteiger charge is -2.05. The van der Waals surface area contributed by atoms with Gasteiger partial charge in [0.1, 0.15) is 11.5 Å². The summed E-state index contributed by atoms with van der Waals surface area (Å²) in [5, 5.41) is 8.69. The molecule has 0 fully saturated rings. The van der Waals surface area contributed by atoms with Crippen molar-refractivity contribution in [3.63, 3.8) is 0 Å². The molecule has 2 aromatic heterocycles. The van der Waals surface area contributed by atoms with Crippen molar-refractivity contribution in [3.8, 4) is 0 Å². The Bertz CT molecular complexity index is 889. The van der Waals surface area contributed by atoms with Crippen LogP contribution >= 0.6 is 0 Å². The molecule has 1 aromatic carbocycles. The lowest BCUT2D eigenvalue weighted by atomic mass is 10.2. The Balaban J connectivity index is 1.74. The van der Waals surface area contributed by atoms with Crippen LogP contribution in [0.25, 0.3) is 11.0 Å². The average Bonchev–Trinajstić information content (AvgIpc) is 2.80. The SMILES string of the molecule is Cc1nc2cc(CNC(=O)c3ccc(=O)[nH]n3)ccc2n1C. The van der Waals surface area contributed by atoms with Crippen LogP contribution in [0.1, 0.15) is 21.9 Å². The van der Waals surface area contributed by atoms with Crippen molar-refractivity contribution in [2.24, 2.45) is 7.05 Å². The molecule has 2 N–H and O–H groups in total. The van der Waals surface area contributed by atoms with Crippen LogP contribution in [0.15, 0.2) is 35.1 Å². The van der Waals surface area contributed by atoms with Gasteiger partial charge in [-0.2, -0.15) is 5.10 Å². The number of nitrogens with one attached hydrogen (secondary N) is 2. The molecule has 3 rings (SSSR count). The molecule has 22 heavy (non-hydrogen) atoms. The predicted octanol–water partition coefficient (Wildman–Crippen LogP) is 0.895. The summed E-state index contributed by atoms with van der Waals surface area (Å²) in [7, 11) is 1.97. The minimum Gasteiger partial charge on any atom is -0.347 e. The topological polar surface area (TPSA) is 92.7 Å². The Morgan fingerprint density at radius 2 is 2.14 bits per heavy atom. The predicted molar refractivity (Wildman–Crippen MR) is 81.5 cm³/mol. The molecule has 0 saturated carbocycles. The fourth-order valence-corrected chi connectivity index (χ4v) is 2.22. The van der Waals surface area contributed by atoms with E-state index in [-0.39, 0.29) is 17.2 Å². The standard InChI is InChI=1S/C15H15N5O2/c1-9-17-12-7-10(3-5-13(12)20(9)2)8-16-15(22)11-4-6-14(21)19-18-11/h3-7H,8H2,1-2H3,(H,16,22)(H,19,21). The first-order chi connectivity index (χ1) is 10.5. The molecule has 0 aliphatic rings. The van der Waals surface area contributed by atoms with E-state index in [2.05, 4.69) is 20.5 Å². The molecule has 0 unspecified atom stereocenters. The number of carbonyl (C=O) groups is 1.